The molecule has 9 heteroatoms. The van der Waals surface area contributed by atoms with Gasteiger partial charge in [-0.05, 0) is 0 Å². The van der Waals surface area contributed by atoms with Crippen LogP contribution in [0.5, 0.6) is 0 Å². The van der Waals surface area contributed by atoms with E-state index in [1.165, 1.54) is 6.66 Å². The maximum Gasteiger partial charge on any atom is 0.186 e. The summed E-state index contributed by atoms with van der Waals surface area (Å²) < 4.78 is 15.1. The lowest BCUT2D eigenvalue weighted by Gasteiger charge is -2.40. The maximum absolute atomic E-state index is 9.67. The average molecular weight is 316 g/mol. The molecule has 1 aliphatic rings. The Morgan fingerprint density at radius 3 is 2.20 bits per heavy atom. The van der Waals surface area contributed by atoms with E-state index in [9.17, 15) is 15.3 Å². The van der Waals surface area contributed by atoms with Gasteiger partial charge in [0.05, 0.1) is 19.8 Å². The summed E-state index contributed by atoms with van der Waals surface area (Å²) >= 11 is 0. The van der Waals surface area contributed by atoms with Gasteiger partial charge in [0, 0.05) is 6.66 Å². The SMILES string of the molecule is CC.CP(O)OCC1OC(OCCO)C(O)C(O)C1O. The molecular weight excluding hydrogens is 291 g/mol. The third kappa shape index (κ3) is 6.26. The van der Waals surface area contributed by atoms with Crippen LogP contribution in [-0.4, -0.2) is 82.5 Å². The van der Waals surface area contributed by atoms with Crippen LogP contribution in [0.1, 0.15) is 13.8 Å². The summed E-state index contributed by atoms with van der Waals surface area (Å²) in [6.45, 7) is 4.99. The van der Waals surface area contributed by atoms with Crippen molar-refractivity contribution in [1.29, 1.82) is 0 Å². The van der Waals surface area contributed by atoms with Crippen molar-refractivity contribution in [3.8, 4) is 0 Å². The van der Waals surface area contributed by atoms with Crippen LogP contribution in [0.3, 0.4) is 0 Å². The van der Waals surface area contributed by atoms with Crippen LogP contribution in [0.25, 0.3) is 0 Å². The Bertz CT molecular complexity index is 242. The molecule has 0 amide bonds. The first-order valence-corrected chi connectivity index (χ1v) is 8.11. The third-order valence-electron chi connectivity index (χ3n) is 2.47. The quantitative estimate of drug-likeness (QED) is 0.386. The molecule has 0 aliphatic carbocycles. The maximum atomic E-state index is 9.67. The standard InChI is InChI=1S/C9H19O8P.C2H6/c1-18(14)16-4-5-6(11)7(12)8(13)9(17-5)15-3-2-10;1-2/h5-14H,2-4H2,1H3;1-2H3. The molecule has 6 atom stereocenters. The molecule has 1 heterocycles. The van der Waals surface area contributed by atoms with E-state index in [1.54, 1.807) is 0 Å². The van der Waals surface area contributed by atoms with Gasteiger partial charge < -0.3 is 39.3 Å². The van der Waals surface area contributed by atoms with Gasteiger partial charge in [0.1, 0.15) is 24.4 Å². The lowest BCUT2D eigenvalue weighted by Crippen LogP contribution is -2.59. The highest BCUT2D eigenvalue weighted by Gasteiger charge is 2.44. The molecule has 0 aromatic carbocycles. The Labute approximate surface area is 119 Å². The predicted octanol–water partition coefficient (Wildman–Crippen LogP) is -1.22. The van der Waals surface area contributed by atoms with Crippen molar-refractivity contribution in [1.82, 2.24) is 0 Å². The van der Waals surface area contributed by atoms with Crippen LogP contribution in [0.2, 0.25) is 0 Å². The number of hydrogen-bond donors (Lipinski definition) is 5. The molecule has 1 fully saturated rings. The molecule has 20 heavy (non-hydrogen) atoms. The lowest BCUT2D eigenvalue weighted by molar-refractivity contribution is -0.300. The molecule has 0 spiro atoms. The normalized spacial score (nSPS) is 35.1. The van der Waals surface area contributed by atoms with E-state index in [4.69, 9.17) is 24.0 Å². The van der Waals surface area contributed by atoms with E-state index < -0.39 is 39.1 Å². The Balaban J connectivity index is 0.00000172. The zero-order valence-electron chi connectivity index (χ0n) is 11.9. The Hall–Kier alpha value is 0.110. The zero-order chi connectivity index (χ0) is 15.7. The predicted molar refractivity (Wildman–Crippen MR) is 72.1 cm³/mol. The van der Waals surface area contributed by atoms with E-state index in [0.717, 1.165) is 0 Å². The van der Waals surface area contributed by atoms with Crippen molar-refractivity contribution < 1.29 is 39.3 Å². The summed E-state index contributed by atoms with van der Waals surface area (Å²) in [5.74, 6) is 0. The fraction of sp³-hybridized carbons (Fsp3) is 1.00. The second-order valence-corrected chi connectivity index (χ2v) is 5.06. The lowest BCUT2D eigenvalue weighted by atomic mass is 9.99. The second kappa shape index (κ2) is 10.8. The summed E-state index contributed by atoms with van der Waals surface area (Å²) in [4.78, 5) is 9.02. The summed E-state index contributed by atoms with van der Waals surface area (Å²) in [6.07, 6.45) is -6.29. The Morgan fingerprint density at radius 1 is 1.10 bits per heavy atom. The van der Waals surface area contributed by atoms with Crippen molar-refractivity contribution >= 4 is 8.38 Å². The molecular formula is C11H25O8P. The monoisotopic (exact) mass is 316 g/mol. The van der Waals surface area contributed by atoms with Gasteiger partial charge in [-0.2, -0.15) is 0 Å². The summed E-state index contributed by atoms with van der Waals surface area (Å²) in [6, 6.07) is 0. The molecule has 0 radical (unpaired) electrons. The van der Waals surface area contributed by atoms with Crippen molar-refractivity contribution in [2.24, 2.45) is 0 Å². The number of aliphatic hydroxyl groups is 4. The minimum absolute atomic E-state index is 0.0708. The highest BCUT2D eigenvalue weighted by atomic mass is 31.2. The summed E-state index contributed by atoms with van der Waals surface area (Å²) in [7, 11) is -1.61. The molecule has 1 rings (SSSR count). The van der Waals surface area contributed by atoms with Gasteiger partial charge in [0.2, 0.25) is 0 Å². The van der Waals surface area contributed by atoms with Crippen LogP contribution >= 0.6 is 8.38 Å². The van der Waals surface area contributed by atoms with E-state index in [1.807, 2.05) is 13.8 Å². The van der Waals surface area contributed by atoms with Crippen molar-refractivity contribution in [2.75, 3.05) is 26.5 Å². The van der Waals surface area contributed by atoms with Gasteiger partial charge in [-0.1, -0.05) is 13.8 Å². The third-order valence-corrected chi connectivity index (χ3v) is 2.99. The van der Waals surface area contributed by atoms with Gasteiger partial charge in [-0.25, -0.2) is 0 Å². The van der Waals surface area contributed by atoms with Crippen LogP contribution in [0.4, 0.5) is 0 Å². The van der Waals surface area contributed by atoms with Crippen LogP contribution in [-0.2, 0) is 14.0 Å². The van der Waals surface area contributed by atoms with Gasteiger partial charge >= 0.3 is 0 Å². The fourth-order valence-corrected chi connectivity index (χ4v) is 1.90. The van der Waals surface area contributed by atoms with E-state index in [2.05, 4.69) is 0 Å². The number of rotatable bonds is 6. The summed E-state index contributed by atoms with van der Waals surface area (Å²) in [5, 5.41) is 37.5. The highest BCUT2D eigenvalue weighted by Crippen LogP contribution is 2.28. The molecule has 1 aliphatic heterocycles. The van der Waals surface area contributed by atoms with Crippen LogP contribution < -0.4 is 0 Å². The van der Waals surface area contributed by atoms with Crippen molar-refractivity contribution in [3.05, 3.63) is 0 Å². The Kier molecular flexibility index (Phi) is 10.8. The molecule has 5 N–H and O–H groups in total. The topological polar surface area (TPSA) is 129 Å². The van der Waals surface area contributed by atoms with Crippen LogP contribution in [0.15, 0.2) is 0 Å². The van der Waals surface area contributed by atoms with Crippen molar-refractivity contribution in [3.63, 3.8) is 0 Å². The van der Waals surface area contributed by atoms with Gasteiger partial charge in [0.25, 0.3) is 0 Å². The van der Waals surface area contributed by atoms with Crippen molar-refractivity contribution in [2.45, 2.75) is 44.6 Å². The Morgan fingerprint density at radius 2 is 1.70 bits per heavy atom. The minimum atomic E-state index is -1.61. The first kappa shape index (κ1) is 20.1. The molecule has 0 aromatic heterocycles. The molecule has 1 saturated heterocycles. The van der Waals surface area contributed by atoms with Gasteiger partial charge in [-0.3, -0.25) is 0 Å². The largest absolute Gasteiger partial charge is 0.394 e. The smallest absolute Gasteiger partial charge is 0.186 e. The number of ether oxygens (including phenoxy) is 2. The average Bonchev–Trinajstić information content (AvgIpc) is 2.45. The van der Waals surface area contributed by atoms with Gasteiger partial charge in [-0.15, -0.1) is 0 Å². The molecule has 0 saturated carbocycles. The number of aliphatic hydroxyl groups excluding tert-OH is 4. The minimum Gasteiger partial charge on any atom is -0.394 e. The molecule has 0 aromatic rings. The first-order valence-electron chi connectivity index (χ1n) is 6.45. The van der Waals surface area contributed by atoms with E-state index >= 15 is 0 Å². The van der Waals surface area contributed by atoms with E-state index in [0.29, 0.717) is 0 Å². The number of hydrogen-bond acceptors (Lipinski definition) is 8. The van der Waals surface area contributed by atoms with E-state index in [-0.39, 0.29) is 19.8 Å². The fourth-order valence-electron chi connectivity index (χ4n) is 1.54. The first-order chi connectivity index (χ1) is 9.47. The molecule has 0 bridgehead atoms. The summed E-state index contributed by atoms with van der Waals surface area (Å²) in [5.41, 5.74) is 0. The highest BCUT2D eigenvalue weighted by molar-refractivity contribution is 7.45. The molecule has 6 unspecified atom stereocenters. The molecule has 122 valence electrons. The van der Waals surface area contributed by atoms with Crippen LogP contribution in [0, 0.1) is 0 Å². The van der Waals surface area contributed by atoms with Gasteiger partial charge in [0.15, 0.2) is 14.7 Å². The zero-order valence-corrected chi connectivity index (χ0v) is 12.8. The second-order valence-electron chi connectivity index (χ2n) is 3.87. The molecule has 8 nitrogen and oxygen atoms in total.